The number of hydrogen-bond donors (Lipinski definition) is 3. The van der Waals surface area contributed by atoms with E-state index in [2.05, 4.69) is 19.1 Å². The van der Waals surface area contributed by atoms with E-state index in [4.69, 9.17) is 9.47 Å². The lowest BCUT2D eigenvalue weighted by molar-refractivity contribution is -0.101. The molecule has 1 fully saturated rings. The second-order valence-electron chi connectivity index (χ2n) is 4.82. The van der Waals surface area contributed by atoms with Crippen LogP contribution in [0.25, 0.3) is 0 Å². The minimum absolute atomic E-state index is 0.0908. The van der Waals surface area contributed by atoms with E-state index in [0.29, 0.717) is 6.61 Å². The molecule has 19 heavy (non-hydrogen) atoms. The monoisotopic (exact) mass is 274 g/mol. The molecule has 1 rings (SSSR count). The van der Waals surface area contributed by atoms with E-state index in [-0.39, 0.29) is 13.2 Å². The average molecular weight is 274 g/mol. The van der Waals surface area contributed by atoms with E-state index in [0.717, 1.165) is 25.7 Å². The molecule has 3 N–H and O–H groups in total. The van der Waals surface area contributed by atoms with Crippen LogP contribution in [0.3, 0.4) is 0 Å². The molecule has 0 spiro atoms. The Hall–Kier alpha value is -0.460. The van der Waals surface area contributed by atoms with Gasteiger partial charge in [0.2, 0.25) is 0 Å². The van der Waals surface area contributed by atoms with Crippen LogP contribution in [0.5, 0.6) is 0 Å². The molecule has 0 aromatic carbocycles. The van der Waals surface area contributed by atoms with Crippen LogP contribution >= 0.6 is 0 Å². The highest BCUT2D eigenvalue weighted by Crippen LogP contribution is 2.19. The zero-order chi connectivity index (χ0) is 14.1. The van der Waals surface area contributed by atoms with Gasteiger partial charge in [-0.3, -0.25) is 0 Å². The minimum atomic E-state index is -0.982. The molecule has 0 amide bonds. The minimum Gasteiger partial charge on any atom is -0.394 e. The first kappa shape index (κ1) is 16.6. The number of ether oxygens (including phenoxy) is 2. The first-order valence-electron chi connectivity index (χ1n) is 7.05. The number of aliphatic hydroxyl groups is 3. The third-order valence-corrected chi connectivity index (χ3v) is 3.24. The van der Waals surface area contributed by atoms with Crippen molar-refractivity contribution in [3.05, 3.63) is 12.2 Å². The second kappa shape index (κ2) is 9.44. The molecule has 0 aromatic rings. The molecule has 112 valence electrons. The fourth-order valence-electron chi connectivity index (χ4n) is 2.09. The van der Waals surface area contributed by atoms with Crippen molar-refractivity contribution < 1.29 is 24.8 Å². The smallest absolute Gasteiger partial charge is 0.114 e. The van der Waals surface area contributed by atoms with Gasteiger partial charge in [-0.1, -0.05) is 19.1 Å². The van der Waals surface area contributed by atoms with E-state index in [1.807, 2.05) is 0 Å². The maximum absolute atomic E-state index is 9.68. The van der Waals surface area contributed by atoms with Crippen LogP contribution in [0.2, 0.25) is 0 Å². The summed E-state index contributed by atoms with van der Waals surface area (Å²) in [5, 5.41) is 28.3. The van der Waals surface area contributed by atoms with Crippen molar-refractivity contribution in [2.24, 2.45) is 0 Å². The summed E-state index contributed by atoms with van der Waals surface area (Å²) in [6, 6.07) is 0. The Morgan fingerprint density at radius 3 is 2.68 bits per heavy atom. The standard InChI is InChI=1S/C14H26O5/c1-2-3-4-5-6-7-8-18-12(9-15)14-13(17)11(16)10-19-14/h3-4,11-17H,2,5-10H2,1H3/b4-3+/t11-,12+,13-,14-/m1/s1. The zero-order valence-corrected chi connectivity index (χ0v) is 11.6. The molecule has 0 bridgehead atoms. The Kier molecular flexibility index (Phi) is 8.25. The molecule has 0 radical (unpaired) electrons. The normalized spacial score (nSPS) is 29.2. The Bertz CT molecular complexity index is 256. The van der Waals surface area contributed by atoms with Crippen LogP contribution in [0, 0.1) is 0 Å². The first-order valence-corrected chi connectivity index (χ1v) is 7.05. The summed E-state index contributed by atoms with van der Waals surface area (Å²) in [7, 11) is 0. The van der Waals surface area contributed by atoms with Gasteiger partial charge in [-0.2, -0.15) is 0 Å². The Morgan fingerprint density at radius 2 is 2.11 bits per heavy atom. The SMILES string of the molecule is CC/C=C/CCCCO[C@@H](CO)[C@H]1OC[C@@H](O)[C@H]1O. The molecule has 0 aliphatic carbocycles. The van der Waals surface area contributed by atoms with Crippen LogP contribution in [0.1, 0.15) is 32.6 Å². The van der Waals surface area contributed by atoms with Crippen molar-refractivity contribution in [1.29, 1.82) is 0 Å². The highest BCUT2D eigenvalue weighted by atomic mass is 16.6. The lowest BCUT2D eigenvalue weighted by atomic mass is 10.1. The average Bonchev–Trinajstić information content (AvgIpc) is 2.74. The number of hydrogen-bond acceptors (Lipinski definition) is 5. The van der Waals surface area contributed by atoms with Gasteiger partial charge in [0.25, 0.3) is 0 Å². The van der Waals surface area contributed by atoms with Crippen LogP contribution in [-0.4, -0.2) is 59.6 Å². The van der Waals surface area contributed by atoms with Crippen LogP contribution in [0.4, 0.5) is 0 Å². The van der Waals surface area contributed by atoms with Crippen LogP contribution in [-0.2, 0) is 9.47 Å². The second-order valence-corrected chi connectivity index (χ2v) is 4.82. The third-order valence-electron chi connectivity index (χ3n) is 3.24. The summed E-state index contributed by atoms with van der Waals surface area (Å²) >= 11 is 0. The van der Waals surface area contributed by atoms with Crippen molar-refractivity contribution in [2.45, 2.75) is 57.0 Å². The third kappa shape index (κ3) is 5.58. The van der Waals surface area contributed by atoms with Crippen LogP contribution in [0.15, 0.2) is 12.2 Å². The quantitative estimate of drug-likeness (QED) is 0.424. The summed E-state index contributed by atoms with van der Waals surface area (Å²) < 4.78 is 10.8. The Labute approximate surface area is 114 Å². The van der Waals surface area contributed by atoms with Gasteiger partial charge in [0.05, 0.1) is 13.2 Å². The van der Waals surface area contributed by atoms with Gasteiger partial charge < -0.3 is 24.8 Å². The first-order chi connectivity index (χ1) is 9.20. The predicted octanol–water partition coefficient (Wildman–Crippen LogP) is 0.621. The molecule has 4 atom stereocenters. The molecule has 0 aromatic heterocycles. The van der Waals surface area contributed by atoms with Gasteiger partial charge in [0, 0.05) is 6.61 Å². The van der Waals surface area contributed by atoms with Crippen molar-refractivity contribution >= 4 is 0 Å². The molecule has 1 aliphatic heterocycles. The number of aliphatic hydroxyl groups excluding tert-OH is 3. The van der Waals surface area contributed by atoms with Gasteiger partial charge >= 0.3 is 0 Å². The molecule has 1 heterocycles. The lowest BCUT2D eigenvalue weighted by Crippen LogP contribution is -2.42. The summed E-state index contributed by atoms with van der Waals surface area (Å²) in [5.41, 5.74) is 0. The van der Waals surface area contributed by atoms with Gasteiger partial charge in [0.15, 0.2) is 0 Å². The topological polar surface area (TPSA) is 79.2 Å². The van der Waals surface area contributed by atoms with E-state index in [9.17, 15) is 15.3 Å². The van der Waals surface area contributed by atoms with Gasteiger partial charge in [-0.25, -0.2) is 0 Å². The summed E-state index contributed by atoms with van der Waals surface area (Å²) in [4.78, 5) is 0. The molecular formula is C14H26O5. The van der Waals surface area contributed by atoms with Crippen molar-refractivity contribution in [3.8, 4) is 0 Å². The van der Waals surface area contributed by atoms with E-state index in [1.165, 1.54) is 0 Å². The summed E-state index contributed by atoms with van der Waals surface area (Å²) in [6.07, 6.45) is 5.24. The van der Waals surface area contributed by atoms with E-state index in [1.54, 1.807) is 0 Å². The zero-order valence-electron chi connectivity index (χ0n) is 11.6. The molecule has 1 saturated heterocycles. The number of rotatable bonds is 9. The Morgan fingerprint density at radius 1 is 1.32 bits per heavy atom. The van der Waals surface area contributed by atoms with Crippen molar-refractivity contribution in [3.63, 3.8) is 0 Å². The van der Waals surface area contributed by atoms with Crippen LogP contribution < -0.4 is 0 Å². The lowest BCUT2D eigenvalue weighted by Gasteiger charge is -2.24. The van der Waals surface area contributed by atoms with Crippen molar-refractivity contribution in [1.82, 2.24) is 0 Å². The summed E-state index contributed by atoms with van der Waals surface area (Å²) in [5.74, 6) is 0. The van der Waals surface area contributed by atoms with Gasteiger partial charge in [0.1, 0.15) is 24.4 Å². The Balaban J connectivity index is 2.17. The fraction of sp³-hybridized carbons (Fsp3) is 0.857. The molecular weight excluding hydrogens is 248 g/mol. The van der Waals surface area contributed by atoms with E-state index < -0.39 is 24.4 Å². The summed E-state index contributed by atoms with van der Waals surface area (Å²) in [6.45, 7) is 2.50. The highest BCUT2D eigenvalue weighted by molar-refractivity contribution is 4.88. The van der Waals surface area contributed by atoms with Gasteiger partial charge in [-0.05, 0) is 25.7 Å². The largest absolute Gasteiger partial charge is 0.394 e. The maximum atomic E-state index is 9.68. The van der Waals surface area contributed by atoms with Crippen molar-refractivity contribution in [2.75, 3.05) is 19.8 Å². The van der Waals surface area contributed by atoms with Gasteiger partial charge in [-0.15, -0.1) is 0 Å². The fourth-order valence-corrected chi connectivity index (χ4v) is 2.09. The maximum Gasteiger partial charge on any atom is 0.114 e. The highest BCUT2D eigenvalue weighted by Gasteiger charge is 2.40. The van der Waals surface area contributed by atoms with E-state index >= 15 is 0 Å². The molecule has 1 aliphatic rings. The molecule has 0 saturated carbocycles. The number of allylic oxidation sites excluding steroid dienone is 2. The molecule has 0 unspecified atom stereocenters. The molecule has 5 heteroatoms. The molecule has 5 nitrogen and oxygen atoms in total. The number of unbranched alkanes of at least 4 members (excludes halogenated alkanes) is 2. The predicted molar refractivity (Wildman–Crippen MR) is 71.9 cm³/mol.